The van der Waals surface area contributed by atoms with Gasteiger partial charge in [-0.15, -0.1) is 0 Å². The van der Waals surface area contributed by atoms with Crippen molar-refractivity contribution < 1.29 is 9.53 Å². The molecule has 0 bridgehead atoms. The van der Waals surface area contributed by atoms with Gasteiger partial charge in [-0.25, -0.2) is 0 Å². The number of amides is 1. The van der Waals surface area contributed by atoms with Crippen molar-refractivity contribution in [3.05, 3.63) is 29.8 Å². The summed E-state index contributed by atoms with van der Waals surface area (Å²) in [5.74, 6) is 1.01. The Morgan fingerprint density at radius 2 is 2.11 bits per heavy atom. The number of ether oxygens (including phenoxy) is 1. The summed E-state index contributed by atoms with van der Waals surface area (Å²) < 4.78 is 5.64. The Labute approximate surface area is 110 Å². The van der Waals surface area contributed by atoms with Gasteiger partial charge in [-0.05, 0) is 38.3 Å². The van der Waals surface area contributed by atoms with Crippen molar-refractivity contribution in [1.29, 1.82) is 0 Å². The maximum Gasteiger partial charge on any atom is 0.220 e. The molecule has 1 aromatic carbocycles. The zero-order valence-corrected chi connectivity index (χ0v) is 11.5. The second-order valence-corrected chi connectivity index (χ2v) is 4.59. The van der Waals surface area contributed by atoms with Crippen LogP contribution >= 0.6 is 0 Å². The molecular weight excluding hydrogens is 226 g/mol. The fraction of sp³-hybridized carbons (Fsp3) is 0.533. The lowest BCUT2D eigenvalue weighted by atomic mass is 10.2. The predicted molar refractivity (Wildman–Crippen MR) is 73.8 cm³/mol. The first-order valence-electron chi connectivity index (χ1n) is 6.61. The molecule has 3 nitrogen and oxygen atoms in total. The number of carbonyl (C=O) groups is 1. The number of hydrogen-bond acceptors (Lipinski definition) is 2. The topological polar surface area (TPSA) is 38.3 Å². The minimum atomic E-state index is 0.109. The highest BCUT2D eigenvalue weighted by molar-refractivity contribution is 5.76. The quantitative estimate of drug-likeness (QED) is 0.754. The van der Waals surface area contributed by atoms with E-state index in [9.17, 15) is 4.79 Å². The number of hydrogen-bond donors (Lipinski definition) is 1. The molecule has 0 fully saturated rings. The highest BCUT2D eigenvalue weighted by atomic mass is 16.5. The first kappa shape index (κ1) is 14.6. The lowest BCUT2D eigenvalue weighted by molar-refractivity contribution is -0.121. The molecule has 1 amide bonds. The molecule has 0 aliphatic carbocycles. The van der Waals surface area contributed by atoms with E-state index in [1.54, 1.807) is 0 Å². The van der Waals surface area contributed by atoms with E-state index in [0.717, 1.165) is 24.2 Å². The molecular formula is C15H23NO2. The van der Waals surface area contributed by atoms with Crippen LogP contribution in [-0.2, 0) is 4.79 Å². The van der Waals surface area contributed by atoms with Crippen molar-refractivity contribution in [3.8, 4) is 5.75 Å². The third-order valence-electron chi connectivity index (χ3n) is 2.92. The van der Waals surface area contributed by atoms with Gasteiger partial charge in [-0.2, -0.15) is 0 Å². The van der Waals surface area contributed by atoms with Crippen LogP contribution in [0.15, 0.2) is 24.3 Å². The van der Waals surface area contributed by atoms with Crippen LogP contribution < -0.4 is 10.1 Å². The Balaban J connectivity index is 2.19. The number of carbonyl (C=O) groups excluding carboxylic acids is 1. The second-order valence-electron chi connectivity index (χ2n) is 4.59. The van der Waals surface area contributed by atoms with Crippen LogP contribution in [0.1, 0.15) is 38.7 Å². The van der Waals surface area contributed by atoms with Crippen molar-refractivity contribution >= 4 is 5.91 Å². The smallest absolute Gasteiger partial charge is 0.220 e. The molecule has 0 spiro atoms. The average Bonchev–Trinajstić information content (AvgIpc) is 2.36. The van der Waals surface area contributed by atoms with Gasteiger partial charge in [-0.1, -0.05) is 25.1 Å². The Bertz CT molecular complexity index is 377. The molecule has 1 aromatic rings. The van der Waals surface area contributed by atoms with Crippen molar-refractivity contribution in [1.82, 2.24) is 5.32 Å². The summed E-state index contributed by atoms with van der Waals surface area (Å²) in [5, 5.41) is 2.95. The molecule has 3 heteroatoms. The SMILES string of the molecule is CCC(C)NC(=O)CCCOc1ccccc1C. The fourth-order valence-electron chi connectivity index (χ4n) is 1.58. The number of para-hydroxylation sites is 1. The summed E-state index contributed by atoms with van der Waals surface area (Å²) in [7, 11) is 0. The summed E-state index contributed by atoms with van der Waals surface area (Å²) >= 11 is 0. The van der Waals surface area contributed by atoms with E-state index < -0.39 is 0 Å². The van der Waals surface area contributed by atoms with Gasteiger partial charge in [0.1, 0.15) is 5.75 Å². The van der Waals surface area contributed by atoms with E-state index in [-0.39, 0.29) is 11.9 Å². The molecule has 1 unspecified atom stereocenters. The largest absolute Gasteiger partial charge is 0.493 e. The molecule has 100 valence electrons. The highest BCUT2D eigenvalue weighted by Gasteiger charge is 2.05. The van der Waals surface area contributed by atoms with Crippen molar-refractivity contribution in [2.75, 3.05) is 6.61 Å². The lowest BCUT2D eigenvalue weighted by Crippen LogP contribution is -2.31. The number of aryl methyl sites for hydroxylation is 1. The molecule has 0 heterocycles. The minimum absolute atomic E-state index is 0.109. The lowest BCUT2D eigenvalue weighted by Gasteiger charge is -2.12. The highest BCUT2D eigenvalue weighted by Crippen LogP contribution is 2.16. The Morgan fingerprint density at radius 1 is 1.39 bits per heavy atom. The van der Waals surface area contributed by atoms with Crippen LogP contribution in [0.25, 0.3) is 0 Å². The first-order valence-corrected chi connectivity index (χ1v) is 6.61. The Kier molecular flexibility index (Phi) is 6.26. The average molecular weight is 249 g/mol. The van der Waals surface area contributed by atoms with Gasteiger partial charge in [-0.3, -0.25) is 4.79 Å². The molecule has 0 aliphatic heterocycles. The van der Waals surface area contributed by atoms with Gasteiger partial charge < -0.3 is 10.1 Å². The van der Waals surface area contributed by atoms with Crippen LogP contribution in [0, 0.1) is 6.92 Å². The number of nitrogens with one attached hydrogen (secondary N) is 1. The fourth-order valence-corrected chi connectivity index (χ4v) is 1.58. The third-order valence-corrected chi connectivity index (χ3v) is 2.92. The molecule has 0 saturated carbocycles. The summed E-state index contributed by atoms with van der Waals surface area (Å²) in [6.45, 7) is 6.68. The monoisotopic (exact) mass is 249 g/mol. The van der Waals surface area contributed by atoms with E-state index in [4.69, 9.17) is 4.74 Å². The maximum absolute atomic E-state index is 11.5. The van der Waals surface area contributed by atoms with E-state index >= 15 is 0 Å². The van der Waals surface area contributed by atoms with Gasteiger partial charge in [0.25, 0.3) is 0 Å². The minimum Gasteiger partial charge on any atom is -0.493 e. The van der Waals surface area contributed by atoms with Gasteiger partial charge in [0.05, 0.1) is 6.61 Å². The second kappa shape index (κ2) is 7.75. The summed E-state index contributed by atoms with van der Waals surface area (Å²) in [5.41, 5.74) is 1.13. The van der Waals surface area contributed by atoms with Crippen LogP contribution in [0.2, 0.25) is 0 Å². The standard InChI is InChI=1S/C15H23NO2/c1-4-13(3)16-15(17)10-7-11-18-14-9-6-5-8-12(14)2/h5-6,8-9,13H,4,7,10-11H2,1-3H3,(H,16,17). The molecule has 0 aromatic heterocycles. The van der Waals surface area contributed by atoms with Gasteiger partial charge >= 0.3 is 0 Å². The molecule has 0 saturated heterocycles. The van der Waals surface area contributed by atoms with Gasteiger partial charge in [0, 0.05) is 12.5 Å². The normalized spacial score (nSPS) is 11.9. The van der Waals surface area contributed by atoms with Gasteiger partial charge in [0.15, 0.2) is 0 Å². The molecule has 0 aliphatic rings. The summed E-state index contributed by atoms with van der Waals surface area (Å²) in [4.78, 5) is 11.5. The Hall–Kier alpha value is -1.51. The van der Waals surface area contributed by atoms with Crippen LogP contribution in [0.5, 0.6) is 5.75 Å². The summed E-state index contributed by atoms with van der Waals surface area (Å²) in [6, 6.07) is 8.18. The van der Waals surface area contributed by atoms with Crippen LogP contribution in [-0.4, -0.2) is 18.6 Å². The molecule has 1 atom stereocenters. The van der Waals surface area contributed by atoms with Crippen molar-refractivity contribution in [2.24, 2.45) is 0 Å². The maximum atomic E-state index is 11.5. The van der Waals surface area contributed by atoms with Crippen molar-refractivity contribution in [2.45, 2.75) is 46.1 Å². The zero-order chi connectivity index (χ0) is 13.4. The number of rotatable bonds is 7. The zero-order valence-electron chi connectivity index (χ0n) is 11.5. The van der Waals surface area contributed by atoms with Crippen LogP contribution in [0.3, 0.4) is 0 Å². The summed E-state index contributed by atoms with van der Waals surface area (Å²) in [6.07, 6.45) is 2.23. The molecule has 18 heavy (non-hydrogen) atoms. The molecule has 1 N–H and O–H groups in total. The van der Waals surface area contributed by atoms with Crippen LogP contribution in [0.4, 0.5) is 0 Å². The number of benzene rings is 1. The molecule has 1 rings (SSSR count). The molecule has 0 radical (unpaired) electrons. The van der Waals surface area contributed by atoms with E-state index in [1.165, 1.54) is 0 Å². The van der Waals surface area contributed by atoms with E-state index in [1.807, 2.05) is 38.1 Å². The first-order chi connectivity index (χ1) is 8.63. The third kappa shape index (κ3) is 5.21. The van der Waals surface area contributed by atoms with Crippen molar-refractivity contribution in [3.63, 3.8) is 0 Å². The Morgan fingerprint density at radius 3 is 2.78 bits per heavy atom. The predicted octanol–water partition coefficient (Wildman–Crippen LogP) is 3.07. The van der Waals surface area contributed by atoms with E-state index in [2.05, 4.69) is 12.2 Å². The van der Waals surface area contributed by atoms with E-state index in [0.29, 0.717) is 13.0 Å². The van der Waals surface area contributed by atoms with Gasteiger partial charge in [0.2, 0.25) is 5.91 Å².